The first-order valence-electron chi connectivity index (χ1n) is 16.7. The Morgan fingerprint density at radius 3 is 1.43 bits per heavy atom. The van der Waals surface area contributed by atoms with Crippen molar-refractivity contribution in [2.75, 3.05) is 0 Å². The van der Waals surface area contributed by atoms with Crippen molar-refractivity contribution in [1.82, 2.24) is 14.4 Å². The first kappa shape index (κ1) is 26.5. The summed E-state index contributed by atoms with van der Waals surface area (Å²) in [6.45, 7) is 0. The minimum atomic E-state index is 0.870. The van der Waals surface area contributed by atoms with Gasteiger partial charge in [0.15, 0.2) is 0 Å². The maximum atomic E-state index is 5.25. The molecule has 3 heterocycles. The molecule has 0 N–H and O–H groups in total. The van der Waals surface area contributed by atoms with Gasteiger partial charge in [-0.05, 0) is 69.4 Å². The smallest absolute Gasteiger partial charge is 0.0979 e. The standard InChI is InChI=1S/C46H27N3/c1-3-19-37-33(15-1)34-16-2-4-20-38(34)45-44(37)47-27-41(48-45)31-14-10-12-29(24-31)28-11-9-13-30(23-28)32-25-39-35-17-5-7-21-42(35)49-43-22-8-6-18-36(43)40(26-32)46(39)49/h1-27H. The molecule has 0 spiro atoms. The van der Waals surface area contributed by atoms with Gasteiger partial charge in [0.1, 0.15) is 0 Å². The molecule has 8 aromatic carbocycles. The lowest BCUT2D eigenvalue weighted by atomic mass is 9.95. The Labute approximate surface area is 281 Å². The van der Waals surface area contributed by atoms with Crippen LogP contribution in [0.3, 0.4) is 0 Å². The number of fused-ring (bicyclic) bond motifs is 12. The molecule has 0 amide bonds. The highest BCUT2D eigenvalue weighted by Gasteiger charge is 2.19. The summed E-state index contributed by atoms with van der Waals surface area (Å²) in [5.74, 6) is 0. The fourth-order valence-corrected chi connectivity index (χ4v) is 8.11. The molecule has 11 aromatic rings. The second-order valence-electron chi connectivity index (χ2n) is 13.0. The fraction of sp³-hybridized carbons (Fsp3) is 0. The largest absolute Gasteiger partial charge is 0.308 e. The SMILES string of the molecule is c1cc(-c2cccc(-c3cnc4c5ccccc5c5ccccc5c4n3)c2)cc(-c2cc3c4ccccc4n4c5ccccc5c(c2)c34)c1. The van der Waals surface area contributed by atoms with Crippen LogP contribution in [0.25, 0.3) is 104 Å². The van der Waals surface area contributed by atoms with Gasteiger partial charge >= 0.3 is 0 Å². The van der Waals surface area contributed by atoms with Crippen LogP contribution < -0.4 is 0 Å². The van der Waals surface area contributed by atoms with E-state index < -0.39 is 0 Å². The number of para-hydroxylation sites is 2. The van der Waals surface area contributed by atoms with Gasteiger partial charge < -0.3 is 4.40 Å². The van der Waals surface area contributed by atoms with Gasteiger partial charge in [-0.25, -0.2) is 4.98 Å². The molecule has 0 unspecified atom stereocenters. The zero-order valence-corrected chi connectivity index (χ0v) is 26.4. The first-order chi connectivity index (χ1) is 24.3. The van der Waals surface area contributed by atoms with Gasteiger partial charge in [0, 0.05) is 37.9 Å². The Morgan fingerprint density at radius 2 is 0.816 bits per heavy atom. The summed E-state index contributed by atoms with van der Waals surface area (Å²) in [6, 6.07) is 56.9. The molecular weight excluding hydrogens is 595 g/mol. The maximum absolute atomic E-state index is 5.25. The monoisotopic (exact) mass is 621 g/mol. The molecule has 0 saturated heterocycles. The van der Waals surface area contributed by atoms with Gasteiger partial charge in [-0.15, -0.1) is 0 Å². The van der Waals surface area contributed by atoms with Crippen LogP contribution in [0.1, 0.15) is 0 Å². The maximum Gasteiger partial charge on any atom is 0.0979 e. The Kier molecular flexibility index (Phi) is 5.38. The molecule has 11 rings (SSSR count). The number of nitrogens with zero attached hydrogens (tertiary/aromatic N) is 3. The van der Waals surface area contributed by atoms with Gasteiger partial charge in [0.2, 0.25) is 0 Å². The Hall–Kier alpha value is -6.58. The zero-order chi connectivity index (χ0) is 32.1. The van der Waals surface area contributed by atoms with E-state index in [4.69, 9.17) is 9.97 Å². The molecule has 3 nitrogen and oxygen atoms in total. The predicted octanol–water partition coefficient (Wildman–Crippen LogP) is 12.1. The Balaban J connectivity index is 1.05. The van der Waals surface area contributed by atoms with Crippen LogP contribution >= 0.6 is 0 Å². The predicted molar refractivity (Wildman–Crippen MR) is 206 cm³/mol. The van der Waals surface area contributed by atoms with Gasteiger partial charge in [0.05, 0.1) is 39.5 Å². The molecule has 0 aliphatic carbocycles. The molecular formula is C46H27N3. The lowest BCUT2D eigenvalue weighted by molar-refractivity contribution is 1.31. The van der Waals surface area contributed by atoms with Gasteiger partial charge in [-0.2, -0.15) is 0 Å². The van der Waals surface area contributed by atoms with Crippen molar-refractivity contribution in [3.63, 3.8) is 0 Å². The molecule has 0 saturated carbocycles. The molecule has 0 bridgehead atoms. The Morgan fingerprint density at radius 1 is 0.347 bits per heavy atom. The van der Waals surface area contributed by atoms with Gasteiger partial charge in [-0.1, -0.05) is 121 Å². The Bertz CT molecular complexity index is 3000. The molecule has 0 atom stereocenters. The normalized spacial score (nSPS) is 12.1. The topological polar surface area (TPSA) is 30.2 Å². The van der Waals surface area contributed by atoms with Crippen molar-refractivity contribution < 1.29 is 0 Å². The minimum Gasteiger partial charge on any atom is -0.308 e. The number of rotatable bonds is 3. The number of hydrogen-bond donors (Lipinski definition) is 0. The van der Waals surface area contributed by atoms with Crippen LogP contribution in [0.2, 0.25) is 0 Å². The van der Waals surface area contributed by atoms with E-state index in [1.54, 1.807) is 0 Å². The second kappa shape index (κ2) is 9.96. The van der Waals surface area contributed by atoms with Gasteiger partial charge in [-0.3, -0.25) is 4.98 Å². The molecule has 3 heteroatoms. The summed E-state index contributed by atoms with van der Waals surface area (Å²) in [5.41, 5.74) is 12.3. The van der Waals surface area contributed by atoms with Crippen molar-refractivity contribution in [1.29, 1.82) is 0 Å². The van der Waals surface area contributed by atoms with Crippen LogP contribution in [-0.2, 0) is 0 Å². The van der Waals surface area contributed by atoms with Crippen molar-refractivity contribution in [2.24, 2.45) is 0 Å². The highest BCUT2D eigenvalue weighted by Crippen LogP contribution is 2.42. The molecule has 3 aromatic heterocycles. The molecule has 226 valence electrons. The molecule has 0 radical (unpaired) electrons. The van der Waals surface area contributed by atoms with E-state index in [1.165, 1.54) is 65.6 Å². The van der Waals surface area contributed by atoms with Crippen molar-refractivity contribution in [3.8, 4) is 33.5 Å². The van der Waals surface area contributed by atoms with E-state index in [9.17, 15) is 0 Å². The highest BCUT2D eigenvalue weighted by atomic mass is 14.9. The number of aromatic nitrogens is 3. The number of hydrogen-bond acceptors (Lipinski definition) is 2. The summed E-state index contributed by atoms with van der Waals surface area (Å²) in [5, 5.41) is 9.83. The van der Waals surface area contributed by atoms with E-state index in [2.05, 4.69) is 162 Å². The van der Waals surface area contributed by atoms with Crippen LogP contribution in [0.5, 0.6) is 0 Å². The van der Waals surface area contributed by atoms with E-state index in [-0.39, 0.29) is 0 Å². The quantitative estimate of drug-likeness (QED) is 0.184. The average Bonchev–Trinajstić information content (AvgIpc) is 3.70. The minimum absolute atomic E-state index is 0.870. The van der Waals surface area contributed by atoms with Crippen LogP contribution in [0.15, 0.2) is 164 Å². The van der Waals surface area contributed by atoms with Crippen molar-refractivity contribution >= 4 is 70.7 Å². The fourth-order valence-electron chi connectivity index (χ4n) is 8.11. The summed E-state index contributed by atoms with van der Waals surface area (Å²) < 4.78 is 2.43. The third-order valence-electron chi connectivity index (χ3n) is 10.3. The summed E-state index contributed by atoms with van der Waals surface area (Å²) in [7, 11) is 0. The van der Waals surface area contributed by atoms with Crippen LogP contribution in [0, 0.1) is 0 Å². The van der Waals surface area contributed by atoms with E-state index in [0.29, 0.717) is 0 Å². The van der Waals surface area contributed by atoms with Gasteiger partial charge in [0.25, 0.3) is 0 Å². The summed E-state index contributed by atoms with van der Waals surface area (Å²) >= 11 is 0. The third-order valence-corrected chi connectivity index (χ3v) is 10.3. The lowest BCUT2D eigenvalue weighted by Gasteiger charge is -2.11. The highest BCUT2D eigenvalue weighted by molar-refractivity contribution is 6.25. The molecule has 0 fully saturated rings. The number of benzene rings is 8. The first-order valence-corrected chi connectivity index (χ1v) is 16.7. The summed E-state index contributed by atoms with van der Waals surface area (Å²) in [6.07, 6.45) is 1.92. The van der Waals surface area contributed by atoms with E-state index in [1.807, 2.05) is 6.20 Å². The second-order valence-corrected chi connectivity index (χ2v) is 13.0. The van der Waals surface area contributed by atoms with E-state index >= 15 is 0 Å². The van der Waals surface area contributed by atoms with Crippen molar-refractivity contribution in [2.45, 2.75) is 0 Å². The molecule has 0 aliphatic rings. The average molecular weight is 622 g/mol. The molecule has 0 aliphatic heterocycles. The lowest BCUT2D eigenvalue weighted by Crippen LogP contribution is -1.92. The zero-order valence-electron chi connectivity index (χ0n) is 26.4. The third kappa shape index (κ3) is 3.78. The summed E-state index contributed by atoms with van der Waals surface area (Å²) in [4.78, 5) is 10.3. The van der Waals surface area contributed by atoms with E-state index in [0.717, 1.165) is 38.6 Å². The van der Waals surface area contributed by atoms with Crippen LogP contribution in [-0.4, -0.2) is 14.4 Å². The van der Waals surface area contributed by atoms with Crippen molar-refractivity contribution in [3.05, 3.63) is 164 Å². The van der Waals surface area contributed by atoms with Crippen LogP contribution in [0.4, 0.5) is 0 Å². The molecule has 49 heavy (non-hydrogen) atoms.